The molecule has 6 nitrogen and oxygen atoms in total. The molecule has 320 valence electrons. The van der Waals surface area contributed by atoms with Crippen molar-refractivity contribution in [2.45, 2.75) is 0 Å². The molecule has 11 aromatic carbocycles. The lowest BCUT2D eigenvalue weighted by Crippen LogP contribution is -2.00. The van der Waals surface area contributed by atoms with E-state index in [1.165, 1.54) is 32.3 Å². The first-order chi connectivity index (χ1) is 34.2. The average molecular weight is 881 g/mol. The van der Waals surface area contributed by atoms with Gasteiger partial charge in [-0.25, -0.2) is 15.0 Å². The van der Waals surface area contributed by atoms with Gasteiger partial charge < -0.3 is 13.4 Å². The summed E-state index contributed by atoms with van der Waals surface area (Å²) in [6.45, 7) is 0. The van der Waals surface area contributed by atoms with Gasteiger partial charge in [-0.05, 0) is 86.6 Å². The van der Waals surface area contributed by atoms with E-state index in [4.69, 9.17) is 23.8 Å². The molecule has 0 aliphatic heterocycles. The Labute approximate surface area is 394 Å². The maximum absolute atomic E-state index is 6.89. The normalized spacial score (nSPS) is 12.1. The number of fused-ring (bicyclic) bond motifs is 14. The summed E-state index contributed by atoms with van der Waals surface area (Å²) in [4.78, 5) is 15.7. The Morgan fingerprint density at radius 3 is 1.74 bits per heavy atom. The molecule has 0 saturated carbocycles. The highest BCUT2D eigenvalue weighted by Gasteiger charge is 2.23. The SMILES string of the molecule is c1ccc(-c2ccc(-c3nc(-c4ccc5oc6cc(-n7c8cc9ccccc9cc8c8c9ccccc9ccc87)c7ccccc7c6c5c4)nc(-c4cccc5oc6ccccc6c45)n3)cc2)cc1. The van der Waals surface area contributed by atoms with Crippen LogP contribution in [0.2, 0.25) is 0 Å². The van der Waals surface area contributed by atoms with Crippen molar-refractivity contribution in [3.8, 4) is 51.0 Å². The summed E-state index contributed by atoms with van der Waals surface area (Å²) in [5.41, 5.74) is 11.5. The lowest BCUT2D eigenvalue weighted by molar-refractivity contribution is 0.668. The molecule has 0 amide bonds. The van der Waals surface area contributed by atoms with Gasteiger partial charge in [-0.2, -0.15) is 0 Å². The molecule has 4 heterocycles. The van der Waals surface area contributed by atoms with E-state index in [-0.39, 0.29) is 0 Å². The number of hydrogen-bond acceptors (Lipinski definition) is 5. The summed E-state index contributed by atoms with van der Waals surface area (Å²) in [5.74, 6) is 1.71. The van der Waals surface area contributed by atoms with Crippen LogP contribution in [-0.4, -0.2) is 19.5 Å². The fourth-order valence-electron chi connectivity index (χ4n) is 10.8. The maximum atomic E-state index is 6.89. The molecule has 6 heteroatoms. The Morgan fingerprint density at radius 1 is 0.290 bits per heavy atom. The molecule has 0 spiro atoms. The molecule has 0 N–H and O–H groups in total. The second-order valence-electron chi connectivity index (χ2n) is 17.9. The number of hydrogen-bond donors (Lipinski definition) is 0. The van der Waals surface area contributed by atoms with Gasteiger partial charge in [0.2, 0.25) is 0 Å². The van der Waals surface area contributed by atoms with Crippen LogP contribution in [0.1, 0.15) is 0 Å². The van der Waals surface area contributed by atoms with E-state index in [2.05, 4.69) is 187 Å². The second kappa shape index (κ2) is 14.6. The second-order valence-corrected chi connectivity index (χ2v) is 17.9. The van der Waals surface area contributed by atoms with Gasteiger partial charge in [0.15, 0.2) is 17.5 Å². The molecular weight excluding hydrogens is 845 g/mol. The van der Waals surface area contributed by atoms with Crippen LogP contribution >= 0.6 is 0 Å². The van der Waals surface area contributed by atoms with Crippen LogP contribution in [-0.2, 0) is 0 Å². The van der Waals surface area contributed by atoms with Gasteiger partial charge in [0.05, 0.1) is 16.7 Å². The maximum Gasteiger partial charge on any atom is 0.164 e. The van der Waals surface area contributed by atoms with E-state index in [0.717, 1.165) is 99.2 Å². The number of nitrogens with zero attached hydrogens (tertiary/aromatic N) is 4. The molecule has 0 unspecified atom stereocenters. The lowest BCUT2D eigenvalue weighted by Gasteiger charge is -2.13. The summed E-state index contributed by atoms with van der Waals surface area (Å²) in [6.07, 6.45) is 0. The standard InChI is InChI=1S/C63H36N4O2/c1-2-13-37(14-3-1)38-25-27-40(28-26-38)61-64-62(66-63(65-61)48-22-12-24-56-60(48)47-21-10-11-23-54(47)68-56)43-30-32-55-50(34-43)59-46-20-9-8-19-45(46)53(36-57(59)69-55)67-51-31-29-39-15-6-7-18-44(39)58(51)49-33-41-16-4-5-17-42(41)35-52(49)67/h1-36H. The third-order valence-corrected chi connectivity index (χ3v) is 14.0. The van der Waals surface area contributed by atoms with Crippen molar-refractivity contribution in [1.82, 2.24) is 19.5 Å². The minimum Gasteiger partial charge on any atom is -0.456 e. The smallest absolute Gasteiger partial charge is 0.164 e. The van der Waals surface area contributed by atoms with Crippen LogP contribution in [0.3, 0.4) is 0 Å². The van der Waals surface area contributed by atoms with Gasteiger partial charge in [-0.15, -0.1) is 0 Å². The molecule has 15 rings (SSSR count). The number of para-hydroxylation sites is 1. The summed E-state index contributed by atoms with van der Waals surface area (Å²) >= 11 is 0. The predicted molar refractivity (Wildman–Crippen MR) is 283 cm³/mol. The fraction of sp³-hybridized carbons (Fsp3) is 0. The van der Waals surface area contributed by atoms with E-state index >= 15 is 0 Å². The van der Waals surface area contributed by atoms with Gasteiger partial charge in [-0.1, -0.05) is 164 Å². The molecule has 0 bridgehead atoms. The Kier molecular flexibility index (Phi) is 7.97. The molecule has 0 radical (unpaired) electrons. The van der Waals surface area contributed by atoms with Crippen molar-refractivity contribution < 1.29 is 8.83 Å². The van der Waals surface area contributed by atoms with E-state index in [9.17, 15) is 0 Å². The van der Waals surface area contributed by atoms with Gasteiger partial charge in [0.25, 0.3) is 0 Å². The lowest BCUT2D eigenvalue weighted by atomic mass is 10.0. The summed E-state index contributed by atoms with van der Waals surface area (Å²) in [5, 5.41) is 13.6. The van der Waals surface area contributed by atoms with Crippen LogP contribution in [0.25, 0.3) is 149 Å². The minimum atomic E-state index is 0.564. The van der Waals surface area contributed by atoms with Crippen LogP contribution < -0.4 is 0 Å². The molecule has 0 saturated heterocycles. The first-order valence-corrected chi connectivity index (χ1v) is 23.2. The van der Waals surface area contributed by atoms with Crippen LogP contribution in [0.4, 0.5) is 0 Å². The molecule has 0 aliphatic rings. The van der Waals surface area contributed by atoms with Crippen molar-refractivity contribution >= 4 is 98.0 Å². The quantitative estimate of drug-likeness (QED) is 0.172. The van der Waals surface area contributed by atoms with E-state index < -0.39 is 0 Å². The molecule has 0 aliphatic carbocycles. The monoisotopic (exact) mass is 880 g/mol. The van der Waals surface area contributed by atoms with Crippen molar-refractivity contribution in [1.29, 1.82) is 0 Å². The van der Waals surface area contributed by atoms with E-state index in [1.807, 2.05) is 36.4 Å². The number of furan rings is 2. The highest BCUT2D eigenvalue weighted by Crippen LogP contribution is 2.44. The Hall–Kier alpha value is -9.39. The van der Waals surface area contributed by atoms with E-state index in [0.29, 0.717) is 17.5 Å². The number of rotatable bonds is 5. The zero-order valence-corrected chi connectivity index (χ0v) is 36.9. The Bertz CT molecular complexity index is 4600. The third kappa shape index (κ3) is 5.76. The van der Waals surface area contributed by atoms with Gasteiger partial charge in [-0.3, -0.25) is 0 Å². The van der Waals surface area contributed by atoms with Gasteiger partial charge >= 0.3 is 0 Å². The highest BCUT2D eigenvalue weighted by molar-refractivity contribution is 6.26. The van der Waals surface area contributed by atoms with E-state index in [1.54, 1.807) is 0 Å². The predicted octanol–water partition coefficient (Wildman–Crippen LogP) is 16.9. The molecule has 15 aromatic rings. The molecule has 69 heavy (non-hydrogen) atoms. The summed E-state index contributed by atoms with van der Waals surface area (Å²) < 4.78 is 15.7. The van der Waals surface area contributed by atoms with Crippen LogP contribution in [0, 0.1) is 0 Å². The zero-order chi connectivity index (χ0) is 45.2. The van der Waals surface area contributed by atoms with Crippen LogP contribution in [0.5, 0.6) is 0 Å². The molecule has 0 fully saturated rings. The Balaban J connectivity index is 0.951. The van der Waals surface area contributed by atoms with Crippen molar-refractivity contribution in [2.75, 3.05) is 0 Å². The zero-order valence-electron chi connectivity index (χ0n) is 36.9. The first-order valence-electron chi connectivity index (χ1n) is 23.2. The molecule has 4 aromatic heterocycles. The molecular formula is C63H36N4O2. The van der Waals surface area contributed by atoms with Crippen molar-refractivity contribution in [2.24, 2.45) is 0 Å². The minimum absolute atomic E-state index is 0.564. The number of aromatic nitrogens is 4. The molecule has 0 atom stereocenters. The first kappa shape index (κ1) is 37.8. The Morgan fingerprint density at radius 2 is 0.899 bits per heavy atom. The van der Waals surface area contributed by atoms with Crippen molar-refractivity contribution in [3.05, 3.63) is 218 Å². The topological polar surface area (TPSA) is 69.9 Å². The summed E-state index contributed by atoms with van der Waals surface area (Å²) in [6, 6.07) is 76.8. The fourth-order valence-corrected chi connectivity index (χ4v) is 10.8. The van der Waals surface area contributed by atoms with Gasteiger partial charge in [0.1, 0.15) is 22.3 Å². The third-order valence-electron chi connectivity index (χ3n) is 14.0. The largest absolute Gasteiger partial charge is 0.456 e. The van der Waals surface area contributed by atoms with Gasteiger partial charge in [0, 0.05) is 60.5 Å². The average Bonchev–Trinajstić information content (AvgIpc) is 4.09. The van der Waals surface area contributed by atoms with Crippen molar-refractivity contribution in [3.63, 3.8) is 0 Å². The highest BCUT2D eigenvalue weighted by atomic mass is 16.3. The summed E-state index contributed by atoms with van der Waals surface area (Å²) in [7, 11) is 0. The number of benzene rings is 11. The van der Waals surface area contributed by atoms with Crippen LogP contribution in [0.15, 0.2) is 227 Å².